The molecule has 0 amide bonds. The first kappa shape index (κ1) is 13.9. The van der Waals surface area contributed by atoms with Crippen LogP contribution in [0.5, 0.6) is 0 Å². The highest BCUT2D eigenvalue weighted by molar-refractivity contribution is 5.63. The molecule has 0 aliphatic rings. The van der Waals surface area contributed by atoms with Crippen molar-refractivity contribution in [3.05, 3.63) is 85.5 Å². The van der Waals surface area contributed by atoms with Crippen molar-refractivity contribution in [1.29, 1.82) is 0 Å². The summed E-state index contributed by atoms with van der Waals surface area (Å²) in [5, 5.41) is 0. The summed E-state index contributed by atoms with van der Waals surface area (Å²) in [5.41, 5.74) is 2.31. The molecule has 0 fully saturated rings. The lowest BCUT2D eigenvalue weighted by atomic mass is 10.2. The fourth-order valence-electron chi connectivity index (χ4n) is 2.06. The van der Waals surface area contributed by atoms with Crippen LogP contribution in [0.1, 0.15) is 11.4 Å². The van der Waals surface area contributed by atoms with Crippen molar-refractivity contribution >= 4 is 12.2 Å². The standard InChI is InChI=1S/C18H20N2/c1-3-13-19-15-7-5-9-17(19)11-12-18-10-6-8-16-20(18)14-4-2/h3-12,15-16H,1-2,13-14H2/q+2/b12-11+. The predicted molar refractivity (Wildman–Crippen MR) is 82.6 cm³/mol. The zero-order chi connectivity index (χ0) is 14.2. The average Bonchev–Trinajstić information content (AvgIpc) is 2.48. The van der Waals surface area contributed by atoms with Gasteiger partial charge in [-0.2, -0.15) is 9.13 Å². The minimum absolute atomic E-state index is 0.808. The maximum absolute atomic E-state index is 3.79. The van der Waals surface area contributed by atoms with E-state index < -0.39 is 0 Å². The summed E-state index contributed by atoms with van der Waals surface area (Å²) in [6.07, 6.45) is 12.2. The SMILES string of the molecule is C=CC[n+]1ccccc1/C=C/c1cccc[n+]1CC=C. The highest BCUT2D eigenvalue weighted by Gasteiger charge is 2.07. The van der Waals surface area contributed by atoms with E-state index in [4.69, 9.17) is 0 Å². The molecular formula is C18H20N2+2. The Morgan fingerprint density at radius 3 is 1.60 bits per heavy atom. The van der Waals surface area contributed by atoms with Gasteiger partial charge < -0.3 is 0 Å². The van der Waals surface area contributed by atoms with Crippen molar-refractivity contribution in [2.75, 3.05) is 0 Å². The molecule has 0 unspecified atom stereocenters. The largest absolute Gasteiger partial charge is 0.205 e. The lowest BCUT2D eigenvalue weighted by Crippen LogP contribution is -2.36. The molecule has 0 aliphatic heterocycles. The van der Waals surface area contributed by atoms with Crippen LogP contribution in [0.2, 0.25) is 0 Å². The summed E-state index contributed by atoms with van der Waals surface area (Å²) in [5.74, 6) is 0. The van der Waals surface area contributed by atoms with Gasteiger partial charge in [-0.15, -0.1) is 0 Å². The van der Waals surface area contributed by atoms with E-state index >= 15 is 0 Å². The maximum Gasteiger partial charge on any atom is 0.205 e. The summed E-state index contributed by atoms with van der Waals surface area (Å²) < 4.78 is 4.31. The van der Waals surface area contributed by atoms with Crippen molar-refractivity contribution in [2.24, 2.45) is 0 Å². The Morgan fingerprint density at radius 1 is 0.750 bits per heavy atom. The Labute approximate surface area is 120 Å². The first-order valence-electron chi connectivity index (χ1n) is 6.72. The fourth-order valence-corrected chi connectivity index (χ4v) is 2.06. The van der Waals surface area contributed by atoms with Crippen molar-refractivity contribution in [3.63, 3.8) is 0 Å². The fraction of sp³-hybridized carbons (Fsp3) is 0.111. The van der Waals surface area contributed by atoms with E-state index in [-0.39, 0.29) is 0 Å². The molecule has 0 N–H and O–H groups in total. The second kappa shape index (κ2) is 7.19. The van der Waals surface area contributed by atoms with E-state index in [1.807, 2.05) is 36.4 Å². The van der Waals surface area contributed by atoms with Crippen LogP contribution < -0.4 is 9.13 Å². The van der Waals surface area contributed by atoms with Gasteiger partial charge in [-0.1, -0.05) is 13.2 Å². The Bertz CT molecular complexity index is 571. The van der Waals surface area contributed by atoms with E-state index in [1.165, 1.54) is 0 Å². The first-order valence-corrected chi connectivity index (χ1v) is 6.72. The molecule has 0 radical (unpaired) electrons. The van der Waals surface area contributed by atoms with Crippen LogP contribution in [-0.2, 0) is 13.1 Å². The average molecular weight is 264 g/mol. The summed E-state index contributed by atoms with van der Waals surface area (Å²) in [6.45, 7) is 9.20. The molecule has 20 heavy (non-hydrogen) atoms. The van der Waals surface area contributed by atoms with Gasteiger partial charge in [-0.05, 0) is 24.3 Å². The van der Waals surface area contributed by atoms with Gasteiger partial charge in [0, 0.05) is 36.4 Å². The third kappa shape index (κ3) is 3.51. The summed E-state index contributed by atoms with van der Waals surface area (Å²) in [7, 11) is 0. The second-order valence-electron chi connectivity index (χ2n) is 4.47. The normalized spacial score (nSPS) is 10.6. The quantitative estimate of drug-likeness (QED) is 0.560. The van der Waals surface area contributed by atoms with Gasteiger partial charge in [0.1, 0.15) is 0 Å². The number of allylic oxidation sites excluding steroid dienone is 2. The third-order valence-corrected chi connectivity index (χ3v) is 3.03. The minimum atomic E-state index is 0.808. The van der Waals surface area contributed by atoms with Crippen LogP contribution in [0.3, 0.4) is 0 Å². The van der Waals surface area contributed by atoms with Gasteiger partial charge in [0.25, 0.3) is 0 Å². The van der Waals surface area contributed by atoms with Crippen molar-refractivity contribution in [1.82, 2.24) is 0 Å². The van der Waals surface area contributed by atoms with E-state index in [1.54, 1.807) is 0 Å². The number of rotatable bonds is 6. The molecule has 0 saturated heterocycles. The van der Waals surface area contributed by atoms with Crippen LogP contribution in [0.25, 0.3) is 12.2 Å². The van der Waals surface area contributed by atoms with E-state index in [9.17, 15) is 0 Å². The Kier molecular flexibility index (Phi) is 5.01. The molecule has 2 aromatic heterocycles. The van der Waals surface area contributed by atoms with Gasteiger partial charge in [0.05, 0.1) is 0 Å². The van der Waals surface area contributed by atoms with E-state index in [0.717, 1.165) is 24.5 Å². The van der Waals surface area contributed by atoms with Crippen LogP contribution in [-0.4, -0.2) is 0 Å². The molecule has 2 heterocycles. The third-order valence-electron chi connectivity index (χ3n) is 3.03. The van der Waals surface area contributed by atoms with Gasteiger partial charge >= 0.3 is 0 Å². The number of hydrogen-bond acceptors (Lipinski definition) is 0. The molecule has 0 aliphatic carbocycles. The van der Waals surface area contributed by atoms with E-state index in [2.05, 4.69) is 59.0 Å². The van der Waals surface area contributed by atoms with Crippen molar-refractivity contribution in [3.8, 4) is 0 Å². The molecule has 2 rings (SSSR count). The molecular weight excluding hydrogens is 244 g/mol. The number of nitrogens with zero attached hydrogens (tertiary/aromatic N) is 2. The van der Waals surface area contributed by atoms with Gasteiger partial charge in [-0.25, -0.2) is 0 Å². The zero-order valence-corrected chi connectivity index (χ0v) is 11.7. The zero-order valence-electron chi connectivity index (χ0n) is 11.7. The lowest BCUT2D eigenvalue weighted by Gasteiger charge is -1.98. The van der Waals surface area contributed by atoms with Crippen molar-refractivity contribution in [2.45, 2.75) is 13.1 Å². The molecule has 0 aromatic carbocycles. The van der Waals surface area contributed by atoms with Gasteiger partial charge in [0.2, 0.25) is 11.4 Å². The molecule has 0 spiro atoms. The Hall–Kier alpha value is -2.48. The summed E-state index contributed by atoms with van der Waals surface area (Å²) in [4.78, 5) is 0. The topological polar surface area (TPSA) is 7.76 Å². The van der Waals surface area contributed by atoms with Gasteiger partial charge in [0.15, 0.2) is 25.5 Å². The van der Waals surface area contributed by atoms with Crippen LogP contribution in [0.15, 0.2) is 74.1 Å². The highest BCUT2D eigenvalue weighted by atomic mass is 15.0. The number of pyridine rings is 2. The lowest BCUT2D eigenvalue weighted by molar-refractivity contribution is -0.689. The Balaban J connectivity index is 2.29. The molecule has 0 bridgehead atoms. The smallest absolute Gasteiger partial charge is 0.195 e. The highest BCUT2D eigenvalue weighted by Crippen LogP contribution is 2.01. The monoisotopic (exact) mass is 264 g/mol. The summed E-state index contributed by atoms with van der Waals surface area (Å²) in [6, 6.07) is 12.3. The molecule has 0 atom stereocenters. The maximum atomic E-state index is 3.79. The Morgan fingerprint density at radius 2 is 1.20 bits per heavy atom. The van der Waals surface area contributed by atoms with E-state index in [0.29, 0.717) is 0 Å². The van der Waals surface area contributed by atoms with Crippen LogP contribution in [0.4, 0.5) is 0 Å². The molecule has 100 valence electrons. The number of aromatic nitrogens is 2. The second-order valence-corrected chi connectivity index (χ2v) is 4.47. The molecule has 0 saturated carbocycles. The number of hydrogen-bond donors (Lipinski definition) is 0. The minimum Gasteiger partial charge on any atom is -0.195 e. The van der Waals surface area contributed by atoms with Crippen LogP contribution in [0, 0.1) is 0 Å². The molecule has 2 nitrogen and oxygen atoms in total. The predicted octanol–water partition coefficient (Wildman–Crippen LogP) is 2.80. The van der Waals surface area contributed by atoms with Crippen LogP contribution >= 0.6 is 0 Å². The molecule has 2 aromatic rings. The van der Waals surface area contributed by atoms with Gasteiger partial charge in [-0.3, -0.25) is 0 Å². The van der Waals surface area contributed by atoms with Crippen molar-refractivity contribution < 1.29 is 9.13 Å². The molecule has 2 heteroatoms. The first-order chi connectivity index (χ1) is 9.85. The summed E-state index contributed by atoms with van der Waals surface area (Å²) >= 11 is 0.